The molecule has 0 unspecified atom stereocenters. The van der Waals surface area contributed by atoms with Gasteiger partial charge in [0.1, 0.15) is 5.69 Å². The van der Waals surface area contributed by atoms with E-state index in [1.54, 1.807) is 31.2 Å². The van der Waals surface area contributed by atoms with Crippen molar-refractivity contribution >= 4 is 5.82 Å². The van der Waals surface area contributed by atoms with Crippen molar-refractivity contribution in [1.29, 1.82) is 0 Å². The molecule has 19 heavy (non-hydrogen) atoms. The summed E-state index contributed by atoms with van der Waals surface area (Å²) in [5.74, 6) is 1.68. The maximum atomic E-state index is 5.76. The highest BCUT2D eigenvalue weighted by Crippen LogP contribution is 2.29. The van der Waals surface area contributed by atoms with E-state index in [4.69, 9.17) is 15.2 Å². The van der Waals surface area contributed by atoms with Gasteiger partial charge in [0.05, 0.1) is 26.5 Å². The highest BCUT2D eigenvalue weighted by atomic mass is 16.5. The van der Waals surface area contributed by atoms with Crippen molar-refractivity contribution in [1.82, 2.24) is 20.0 Å². The van der Waals surface area contributed by atoms with Gasteiger partial charge in [-0.05, 0) is 6.42 Å². The van der Waals surface area contributed by atoms with Gasteiger partial charge in [-0.15, -0.1) is 5.10 Å². The second-order valence-electron chi connectivity index (χ2n) is 3.93. The highest BCUT2D eigenvalue weighted by molar-refractivity contribution is 5.43. The second-order valence-corrected chi connectivity index (χ2v) is 3.93. The van der Waals surface area contributed by atoms with Crippen molar-refractivity contribution < 1.29 is 9.47 Å². The average Bonchev–Trinajstić information content (AvgIpc) is 2.78. The summed E-state index contributed by atoms with van der Waals surface area (Å²) in [4.78, 5) is 4.30. The first-order chi connectivity index (χ1) is 9.21. The first kappa shape index (κ1) is 13.1. The van der Waals surface area contributed by atoms with Crippen molar-refractivity contribution in [2.45, 2.75) is 19.9 Å². The Hall–Kier alpha value is -2.31. The molecule has 2 aromatic rings. The van der Waals surface area contributed by atoms with E-state index in [9.17, 15) is 0 Å². The zero-order valence-corrected chi connectivity index (χ0v) is 11.3. The summed E-state index contributed by atoms with van der Waals surface area (Å²) in [7, 11) is 3.17. The lowest BCUT2D eigenvalue weighted by Crippen LogP contribution is -2.09. The molecule has 0 saturated carbocycles. The number of methoxy groups -OCH3 is 2. The van der Waals surface area contributed by atoms with Crippen LogP contribution in [0.2, 0.25) is 0 Å². The number of nitrogens with zero attached hydrogens (tertiary/aromatic N) is 4. The maximum absolute atomic E-state index is 5.76. The minimum Gasteiger partial charge on any atom is -0.493 e. The normalized spacial score (nSPS) is 10.5. The van der Waals surface area contributed by atoms with E-state index in [1.807, 2.05) is 6.92 Å². The van der Waals surface area contributed by atoms with E-state index in [0.717, 1.165) is 17.8 Å². The Morgan fingerprint density at radius 2 is 2.11 bits per heavy atom. The topological polar surface area (TPSA) is 88.1 Å². The van der Waals surface area contributed by atoms with Gasteiger partial charge < -0.3 is 15.2 Å². The van der Waals surface area contributed by atoms with Crippen LogP contribution in [0, 0.1) is 0 Å². The molecule has 0 aliphatic carbocycles. The molecule has 0 amide bonds. The van der Waals surface area contributed by atoms with Gasteiger partial charge >= 0.3 is 0 Å². The zero-order chi connectivity index (χ0) is 13.8. The Morgan fingerprint density at radius 3 is 2.74 bits per heavy atom. The van der Waals surface area contributed by atoms with Gasteiger partial charge in [0.25, 0.3) is 0 Å². The van der Waals surface area contributed by atoms with Crippen molar-refractivity contribution in [3.63, 3.8) is 0 Å². The van der Waals surface area contributed by atoms with Gasteiger partial charge in [-0.25, -0.2) is 4.68 Å². The van der Waals surface area contributed by atoms with Crippen molar-refractivity contribution in [2.24, 2.45) is 0 Å². The molecule has 0 bridgehead atoms. The van der Waals surface area contributed by atoms with Crippen LogP contribution < -0.4 is 15.2 Å². The largest absolute Gasteiger partial charge is 0.493 e. The Bertz CT molecular complexity index is 567. The van der Waals surface area contributed by atoms with Gasteiger partial charge in [0, 0.05) is 12.3 Å². The van der Waals surface area contributed by atoms with Gasteiger partial charge in [-0.3, -0.25) is 4.98 Å². The Balaban J connectivity index is 2.37. The predicted octanol–water partition coefficient (Wildman–Crippen LogP) is 0.883. The summed E-state index contributed by atoms with van der Waals surface area (Å²) in [5.41, 5.74) is 7.37. The third-order valence-corrected chi connectivity index (χ3v) is 2.87. The van der Waals surface area contributed by atoms with Gasteiger partial charge in [0.15, 0.2) is 17.3 Å². The molecular formula is C12H17N5O2. The third-order valence-electron chi connectivity index (χ3n) is 2.87. The van der Waals surface area contributed by atoms with Gasteiger partial charge in [-0.1, -0.05) is 12.1 Å². The summed E-state index contributed by atoms with van der Waals surface area (Å²) >= 11 is 0. The molecule has 0 saturated heterocycles. The Morgan fingerprint density at radius 1 is 1.32 bits per heavy atom. The number of anilines is 1. The molecule has 0 fully saturated rings. The minimum absolute atomic E-state index is 0.438. The molecule has 0 atom stereocenters. The van der Waals surface area contributed by atoms with Gasteiger partial charge in [0.2, 0.25) is 0 Å². The van der Waals surface area contributed by atoms with E-state index in [0.29, 0.717) is 23.9 Å². The van der Waals surface area contributed by atoms with Crippen LogP contribution in [0.15, 0.2) is 12.3 Å². The number of hydrogen-bond acceptors (Lipinski definition) is 6. The van der Waals surface area contributed by atoms with E-state index in [2.05, 4.69) is 15.3 Å². The van der Waals surface area contributed by atoms with Crippen LogP contribution in [-0.2, 0) is 13.0 Å². The van der Waals surface area contributed by atoms with Crippen LogP contribution in [0.5, 0.6) is 11.5 Å². The molecule has 0 spiro atoms. The zero-order valence-electron chi connectivity index (χ0n) is 11.3. The van der Waals surface area contributed by atoms with E-state index < -0.39 is 0 Å². The summed E-state index contributed by atoms with van der Waals surface area (Å²) in [6.07, 6.45) is 2.42. The first-order valence-electron chi connectivity index (χ1n) is 5.94. The molecule has 2 N–H and O–H groups in total. The van der Waals surface area contributed by atoms with Crippen molar-refractivity contribution in [3.8, 4) is 11.5 Å². The van der Waals surface area contributed by atoms with Crippen LogP contribution in [0.1, 0.15) is 18.3 Å². The fourth-order valence-electron chi connectivity index (χ4n) is 1.94. The number of aromatic nitrogens is 4. The number of hydrogen-bond donors (Lipinski definition) is 1. The molecule has 0 radical (unpaired) electrons. The second kappa shape index (κ2) is 5.55. The lowest BCUT2D eigenvalue weighted by Gasteiger charge is -2.12. The summed E-state index contributed by atoms with van der Waals surface area (Å²) in [6, 6.07) is 1.75. The maximum Gasteiger partial charge on any atom is 0.184 e. The van der Waals surface area contributed by atoms with Gasteiger partial charge in [-0.2, -0.15) is 0 Å². The minimum atomic E-state index is 0.438. The third kappa shape index (κ3) is 2.44. The summed E-state index contributed by atoms with van der Waals surface area (Å²) in [5, 5.41) is 7.89. The van der Waals surface area contributed by atoms with E-state index in [-0.39, 0.29) is 0 Å². The van der Waals surface area contributed by atoms with Crippen LogP contribution >= 0.6 is 0 Å². The van der Waals surface area contributed by atoms with Crippen LogP contribution in [0.25, 0.3) is 0 Å². The monoisotopic (exact) mass is 263 g/mol. The number of nitrogens with two attached hydrogens (primary N) is 1. The summed E-state index contributed by atoms with van der Waals surface area (Å²) in [6.45, 7) is 2.44. The average molecular weight is 263 g/mol. The molecule has 7 heteroatoms. The fraction of sp³-hybridized carbons (Fsp3) is 0.417. The lowest BCUT2D eigenvalue weighted by atomic mass is 10.2. The standard InChI is InChI=1S/C12H17N5O2/c1-4-9-12(13)15-16-17(9)7-8-11(19-3)10(18-2)5-6-14-8/h5-6H,4,7,13H2,1-3H3. The summed E-state index contributed by atoms with van der Waals surface area (Å²) < 4.78 is 12.3. The molecule has 0 aliphatic heterocycles. The van der Waals surface area contributed by atoms with E-state index in [1.165, 1.54) is 0 Å². The number of rotatable bonds is 5. The Labute approximate surface area is 111 Å². The first-order valence-corrected chi connectivity index (χ1v) is 5.94. The molecule has 0 aliphatic rings. The molecule has 2 heterocycles. The van der Waals surface area contributed by atoms with Crippen molar-refractivity contribution in [2.75, 3.05) is 20.0 Å². The molecule has 102 valence electrons. The Kier molecular flexibility index (Phi) is 3.84. The number of pyridine rings is 1. The quantitative estimate of drug-likeness (QED) is 0.861. The van der Waals surface area contributed by atoms with Crippen LogP contribution in [-0.4, -0.2) is 34.2 Å². The highest BCUT2D eigenvalue weighted by Gasteiger charge is 2.15. The molecular weight excluding hydrogens is 246 g/mol. The molecule has 7 nitrogen and oxygen atoms in total. The molecule has 0 aromatic carbocycles. The lowest BCUT2D eigenvalue weighted by molar-refractivity contribution is 0.347. The fourth-order valence-corrected chi connectivity index (χ4v) is 1.94. The SMILES string of the molecule is CCc1c(N)nnn1Cc1nccc(OC)c1OC. The van der Waals surface area contributed by atoms with Crippen LogP contribution in [0.4, 0.5) is 5.82 Å². The van der Waals surface area contributed by atoms with Crippen molar-refractivity contribution in [3.05, 3.63) is 23.7 Å². The molecule has 2 aromatic heterocycles. The van der Waals surface area contributed by atoms with E-state index >= 15 is 0 Å². The number of ether oxygens (including phenoxy) is 2. The predicted molar refractivity (Wildman–Crippen MR) is 70.3 cm³/mol. The van der Waals surface area contributed by atoms with Crippen LogP contribution in [0.3, 0.4) is 0 Å². The number of nitrogen functional groups attached to an aromatic ring is 1. The molecule has 2 rings (SSSR count). The smallest absolute Gasteiger partial charge is 0.184 e.